The van der Waals surface area contributed by atoms with Crippen molar-refractivity contribution in [3.05, 3.63) is 78.8 Å². The monoisotopic (exact) mass is 487 g/mol. The van der Waals surface area contributed by atoms with E-state index in [1.54, 1.807) is 6.07 Å². The zero-order chi connectivity index (χ0) is 23.6. The molecule has 2 aromatic carbocycles. The number of hydrogen-bond acceptors (Lipinski definition) is 7. The van der Waals surface area contributed by atoms with Crippen molar-refractivity contribution in [2.75, 3.05) is 18.1 Å². The standard InChI is InChI=1S/C22H21N3O6S2/c1-30-18-11-10-16(24-33(28,29)21-8-4-3-7-20(21)32(2,26)27)13-19(18)31-15-17-14-25-12-6-5-9-22(25)23-17/h3-14,24H,15H2,1-2H3. The Morgan fingerprint density at radius 1 is 0.939 bits per heavy atom. The van der Waals surface area contributed by atoms with Crippen LogP contribution in [0.15, 0.2) is 82.8 Å². The molecule has 0 fully saturated rings. The van der Waals surface area contributed by atoms with Crippen molar-refractivity contribution in [1.29, 1.82) is 0 Å². The highest BCUT2D eigenvalue weighted by molar-refractivity contribution is 7.95. The van der Waals surface area contributed by atoms with E-state index in [0.29, 0.717) is 17.2 Å². The predicted octanol–water partition coefficient (Wildman–Crippen LogP) is 3.13. The first kappa shape index (κ1) is 22.6. The van der Waals surface area contributed by atoms with Crippen LogP contribution >= 0.6 is 0 Å². The van der Waals surface area contributed by atoms with Crippen molar-refractivity contribution in [2.45, 2.75) is 16.4 Å². The van der Waals surface area contributed by atoms with Gasteiger partial charge in [0.05, 0.1) is 23.4 Å². The van der Waals surface area contributed by atoms with E-state index >= 15 is 0 Å². The van der Waals surface area contributed by atoms with E-state index in [2.05, 4.69) is 9.71 Å². The molecule has 0 saturated heterocycles. The Morgan fingerprint density at radius 3 is 2.36 bits per heavy atom. The number of imidazole rings is 1. The van der Waals surface area contributed by atoms with Gasteiger partial charge in [0.15, 0.2) is 21.3 Å². The summed E-state index contributed by atoms with van der Waals surface area (Å²) in [7, 11) is -6.47. The molecule has 2 aromatic heterocycles. The van der Waals surface area contributed by atoms with Gasteiger partial charge < -0.3 is 13.9 Å². The summed E-state index contributed by atoms with van der Waals surface area (Å²) in [6.45, 7) is 0.130. The lowest BCUT2D eigenvalue weighted by Gasteiger charge is -2.14. The molecule has 0 amide bonds. The topological polar surface area (TPSA) is 116 Å². The molecule has 0 aliphatic rings. The highest BCUT2D eigenvalue weighted by atomic mass is 32.2. The highest BCUT2D eigenvalue weighted by Crippen LogP contribution is 2.32. The molecule has 33 heavy (non-hydrogen) atoms. The summed E-state index contributed by atoms with van der Waals surface area (Å²) in [4.78, 5) is 3.85. The molecular formula is C22H21N3O6S2. The van der Waals surface area contributed by atoms with Crippen LogP contribution in [-0.4, -0.2) is 39.6 Å². The Bertz CT molecular complexity index is 1500. The van der Waals surface area contributed by atoms with Gasteiger partial charge in [-0.1, -0.05) is 18.2 Å². The molecule has 0 aliphatic carbocycles. The largest absolute Gasteiger partial charge is 0.493 e. The van der Waals surface area contributed by atoms with Gasteiger partial charge in [-0.05, 0) is 36.4 Å². The summed E-state index contributed by atoms with van der Waals surface area (Å²) in [5.41, 5.74) is 1.63. The summed E-state index contributed by atoms with van der Waals surface area (Å²) in [5, 5.41) is 0. The molecule has 172 valence electrons. The molecule has 9 nitrogen and oxygen atoms in total. The van der Waals surface area contributed by atoms with E-state index in [1.807, 2.05) is 35.0 Å². The smallest absolute Gasteiger partial charge is 0.263 e. The van der Waals surface area contributed by atoms with Crippen LogP contribution in [0.3, 0.4) is 0 Å². The van der Waals surface area contributed by atoms with Crippen LogP contribution in [0.1, 0.15) is 5.69 Å². The van der Waals surface area contributed by atoms with Crippen LogP contribution < -0.4 is 14.2 Å². The number of sulfone groups is 1. The number of anilines is 1. The number of sulfonamides is 1. The van der Waals surface area contributed by atoms with Gasteiger partial charge in [-0.15, -0.1) is 0 Å². The van der Waals surface area contributed by atoms with Gasteiger partial charge in [-0.2, -0.15) is 0 Å². The first-order valence-corrected chi connectivity index (χ1v) is 13.1. The van der Waals surface area contributed by atoms with Crippen molar-refractivity contribution in [3.63, 3.8) is 0 Å². The molecule has 4 rings (SSSR count). The number of pyridine rings is 1. The van der Waals surface area contributed by atoms with Crippen LogP contribution in [0.5, 0.6) is 11.5 Å². The molecule has 0 bridgehead atoms. The molecule has 0 aliphatic heterocycles. The van der Waals surface area contributed by atoms with Gasteiger partial charge in [-0.25, -0.2) is 21.8 Å². The fraction of sp³-hybridized carbons (Fsp3) is 0.136. The zero-order valence-corrected chi connectivity index (χ0v) is 19.4. The van der Waals surface area contributed by atoms with E-state index in [4.69, 9.17) is 9.47 Å². The third kappa shape index (κ3) is 4.94. The van der Waals surface area contributed by atoms with Gasteiger partial charge in [0, 0.05) is 24.7 Å². The summed E-state index contributed by atoms with van der Waals surface area (Å²) >= 11 is 0. The number of hydrogen-bond donors (Lipinski definition) is 1. The van der Waals surface area contributed by atoms with E-state index in [9.17, 15) is 16.8 Å². The number of fused-ring (bicyclic) bond motifs is 1. The molecular weight excluding hydrogens is 466 g/mol. The average Bonchev–Trinajstić information content (AvgIpc) is 3.20. The highest BCUT2D eigenvalue weighted by Gasteiger charge is 2.24. The van der Waals surface area contributed by atoms with Crippen molar-refractivity contribution in [1.82, 2.24) is 9.38 Å². The van der Waals surface area contributed by atoms with Crippen LogP contribution in [0.4, 0.5) is 5.69 Å². The minimum atomic E-state index is -4.19. The summed E-state index contributed by atoms with van der Waals surface area (Å²) < 4.78 is 65.4. The van der Waals surface area contributed by atoms with Gasteiger partial charge in [0.2, 0.25) is 0 Å². The van der Waals surface area contributed by atoms with Crippen LogP contribution in [-0.2, 0) is 26.5 Å². The zero-order valence-electron chi connectivity index (χ0n) is 17.8. The SMILES string of the molecule is COc1ccc(NS(=O)(=O)c2ccccc2S(C)(=O)=O)cc1OCc1cn2ccccc2n1. The average molecular weight is 488 g/mol. The van der Waals surface area contributed by atoms with Crippen molar-refractivity contribution in [3.8, 4) is 11.5 Å². The molecule has 0 unspecified atom stereocenters. The molecule has 0 saturated carbocycles. The Balaban J connectivity index is 1.60. The van der Waals surface area contributed by atoms with Crippen LogP contribution in [0, 0.1) is 0 Å². The molecule has 11 heteroatoms. The number of rotatable bonds is 8. The molecule has 0 atom stereocenters. The quantitative estimate of drug-likeness (QED) is 0.406. The number of ether oxygens (including phenoxy) is 2. The van der Waals surface area contributed by atoms with E-state index in [-0.39, 0.29) is 22.1 Å². The lowest BCUT2D eigenvalue weighted by atomic mass is 10.3. The fourth-order valence-corrected chi connectivity index (χ4v) is 5.93. The first-order valence-electron chi connectivity index (χ1n) is 9.73. The lowest BCUT2D eigenvalue weighted by molar-refractivity contribution is 0.281. The summed E-state index contributed by atoms with van der Waals surface area (Å²) in [6, 6.07) is 15.6. The van der Waals surface area contributed by atoms with Gasteiger partial charge in [0.1, 0.15) is 17.1 Å². The van der Waals surface area contributed by atoms with Crippen molar-refractivity contribution < 1.29 is 26.3 Å². The van der Waals surface area contributed by atoms with E-state index in [1.165, 1.54) is 43.5 Å². The first-order chi connectivity index (χ1) is 15.7. The third-order valence-electron chi connectivity index (χ3n) is 4.74. The summed E-state index contributed by atoms with van der Waals surface area (Å²) in [5.74, 6) is 0.699. The number of methoxy groups -OCH3 is 1. The molecule has 0 radical (unpaired) electrons. The second-order valence-corrected chi connectivity index (χ2v) is 10.8. The normalized spacial score (nSPS) is 11.9. The lowest BCUT2D eigenvalue weighted by Crippen LogP contribution is -2.16. The van der Waals surface area contributed by atoms with Crippen LogP contribution in [0.25, 0.3) is 5.65 Å². The third-order valence-corrected chi connectivity index (χ3v) is 7.47. The number of benzene rings is 2. The Morgan fingerprint density at radius 2 is 1.67 bits per heavy atom. The molecule has 2 heterocycles. The second kappa shape index (κ2) is 8.75. The number of nitrogens with one attached hydrogen (secondary N) is 1. The maximum atomic E-state index is 13.0. The Labute approximate surface area is 191 Å². The van der Waals surface area contributed by atoms with Gasteiger partial charge in [-0.3, -0.25) is 4.72 Å². The van der Waals surface area contributed by atoms with E-state index in [0.717, 1.165) is 11.9 Å². The predicted molar refractivity (Wildman–Crippen MR) is 123 cm³/mol. The van der Waals surface area contributed by atoms with Gasteiger partial charge >= 0.3 is 0 Å². The minimum Gasteiger partial charge on any atom is -0.493 e. The minimum absolute atomic E-state index is 0.130. The van der Waals surface area contributed by atoms with Crippen molar-refractivity contribution >= 4 is 31.2 Å². The maximum absolute atomic E-state index is 13.0. The number of nitrogens with zero attached hydrogens (tertiary/aromatic N) is 2. The molecule has 0 spiro atoms. The second-order valence-electron chi connectivity index (χ2n) is 7.18. The summed E-state index contributed by atoms with van der Waals surface area (Å²) in [6.07, 6.45) is 4.66. The van der Waals surface area contributed by atoms with Crippen LogP contribution in [0.2, 0.25) is 0 Å². The molecule has 4 aromatic rings. The maximum Gasteiger partial charge on any atom is 0.263 e. The van der Waals surface area contributed by atoms with Crippen molar-refractivity contribution in [2.24, 2.45) is 0 Å². The fourth-order valence-electron chi connectivity index (χ4n) is 3.25. The van der Waals surface area contributed by atoms with Gasteiger partial charge in [0.25, 0.3) is 10.0 Å². The Hall–Kier alpha value is -3.57. The number of aromatic nitrogens is 2. The Kier molecular flexibility index (Phi) is 6.00. The molecule has 1 N–H and O–H groups in total. The van der Waals surface area contributed by atoms with E-state index < -0.39 is 19.9 Å².